The normalized spacial score (nSPS) is 22.0. The highest BCUT2D eigenvalue weighted by Gasteiger charge is 2.28. The van der Waals surface area contributed by atoms with Gasteiger partial charge in [-0.15, -0.1) is 0 Å². The summed E-state index contributed by atoms with van der Waals surface area (Å²) < 4.78 is 11.6. The van der Waals surface area contributed by atoms with Crippen LogP contribution in [0.5, 0.6) is 11.5 Å². The minimum Gasteiger partial charge on any atom is -0.497 e. The number of piperidine rings is 1. The van der Waals surface area contributed by atoms with Crippen molar-refractivity contribution >= 4 is 5.91 Å². The Balaban J connectivity index is 1.35. The topological polar surface area (TPSA) is 50.8 Å². The van der Waals surface area contributed by atoms with Gasteiger partial charge in [0.15, 0.2) is 0 Å². The zero-order valence-corrected chi connectivity index (χ0v) is 16.4. The highest BCUT2D eigenvalue weighted by Crippen LogP contribution is 2.30. The van der Waals surface area contributed by atoms with Crippen LogP contribution in [0.4, 0.5) is 0 Å². The van der Waals surface area contributed by atoms with E-state index in [1.54, 1.807) is 7.11 Å². The Kier molecular flexibility index (Phi) is 5.86. The smallest absolute Gasteiger partial charge is 0.255 e. The zero-order valence-electron chi connectivity index (χ0n) is 16.4. The molecule has 1 aromatic carbocycles. The highest BCUT2D eigenvalue weighted by molar-refractivity contribution is 5.97. The molecule has 5 heteroatoms. The lowest BCUT2D eigenvalue weighted by molar-refractivity contribution is 0.0864. The molecule has 1 aliphatic heterocycles. The van der Waals surface area contributed by atoms with Crippen LogP contribution in [-0.2, 0) is 0 Å². The SMILES string of the molecule is COc1ccc(C(=O)NC2CC2)c(OC2CCN(CC3CCCC3)CC2)c1. The van der Waals surface area contributed by atoms with Gasteiger partial charge in [0.25, 0.3) is 5.91 Å². The molecule has 4 rings (SSSR count). The predicted molar refractivity (Wildman–Crippen MR) is 106 cm³/mol. The average molecular weight is 373 g/mol. The molecule has 1 amide bonds. The summed E-state index contributed by atoms with van der Waals surface area (Å²) in [4.78, 5) is 15.2. The van der Waals surface area contributed by atoms with Crippen LogP contribution in [0.1, 0.15) is 61.7 Å². The Labute approximate surface area is 162 Å². The molecule has 3 fully saturated rings. The number of nitrogens with one attached hydrogen (secondary N) is 1. The maximum atomic E-state index is 12.6. The standard InChI is InChI=1S/C22H32N2O3/c1-26-19-8-9-20(22(25)23-17-6-7-17)21(14-19)27-18-10-12-24(13-11-18)15-16-4-2-3-5-16/h8-9,14,16-18H,2-7,10-13,15H2,1H3,(H,23,25). The number of methoxy groups -OCH3 is 1. The van der Waals surface area contributed by atoms with Crippen molar-refractivity contribution < 1.29 is 14.3 Å². The van der Waals surface area contributed by atoms with Crippen LogP contribution in [-0.4, -0.2) is 49.7 Å². The van der Waals surface area contributed by atoms with Crippen molar-refractivity contribution in [1.29, 1.82) is 0 Å². The van der Waals surface area contributed by atoms with Gasteiger partial charge in [-0.2, -0.15) is 0 Å². The third-order valence-corrected chi connectivity index (χ3v) is 6.17. The average Bonchev–Trinajstić information content (AvgIpc) is 3.35. The van der Waals surface area contributed by atoms with Crippen molar-refractivity contribution in [3.05, 3.63) is 23.8 Å². The molecule has 1 saturated heterocycles. The molecule has 0 aromatic heterocycles. The summed E-state index contributed by atoms with van der Waals surface area (Å²) in [6, 6.07) is 5.85. The van der Waals surface area contributed by atoms with Crippen LogP contribution in [0.2, 0.25) is 0 Å². The second kappa shape index (κ2) is 8.51. The van der Waals surface area contributed by atoms with Crippen LogP contribution in [0, 0.1) is 5.92 Å². The third kappa shape index (κ3) is 4.95. The van der Waals surface area contributed by atoms with Gasteiger partial charge in [-0.25, -0.2) is 0 Å². The molecule has 0 atom stereocenters. The van der Waals surface area contributed by atoms with Gasteiger partial charge in [-0.05, 0) is 56.6 Å². The van der Waals surface area contributed by atoms with Gasteiger partial charge in [-0.3, -0.25) is 4.79 Å². The molecule has 2 aliphatic carbocycles. The number of carbonyl (C=O) groups excluding carboxylic acids is 1. The molecular formula is C22H32N2O3. The van der Waals surface area contributed by atoms with Crippen molar-refractivity contribution in [3.63, 3.8) is 0 Å². The molecule has 0 unspecified atom stereocenters. The van der Waals surface area contributed by atoms with Crippen LogP contribution in [0.3, 0.4) is 0 Å². The fourth-order valence-electron chi connectivity index (χ4n) is 4.35. The maximum Gasteiger partial charge on any atom is 0.255 e. The van der Waals surface area contributed by atoms with Crippen molar-refractivity contribution in [2.75, 3.05) is 26.7 Å². The van der Waals surface area contributed by atoms with E-state index in [4.69, 9.17) is 9.47 Å². The molecule has 1 heterocycles. The lowest BCUT2D eigenvalue weighted by Crippen LogP contribution is -2.40. The van der Waals surface area contributed by atoms with E-state index in [0.717, 1.165) is 50.4 Å². The number of hydrogen-bond acceptors (Lipinski definition) is 4. The highest BCUT2D eigenvalue weighted by atomic mass is 16.5. The first-order valence-electron chi connectivity index (χ1n) is 10.6. The molecule has 27 heavy (non-hydrogen) atoms. The first kappa shape index (κ1) is 18.6. The molecule has 5 nitrogen and oxygen atoms in total. The van der Waals surface area contributed by atoms with Gasteiger partial charge in [-0.1, -0.05) is 12.8 Å². The summed E-state index contributed by atoms with van der Waals surface area (Å²) in [7, 11) is 1.64. The fraction of sp³-hybridized carbons (Fsp3) is 0.682. The lowest BCUT2D eigenvalue weighted by atomic mass is 10.0. The van der Waals surface area contributed by atoms with Gasteiger partial charge >= 0.3 is 0 Å². The van der Waals surface area contributed by atoms with Crippen molar-refractivity contribution in [2.45, 2.75) is 63.5 Å². The molecule has 0 bridgehead atoms. The minimum atomic E-state index is -0.0335. The van der Waals surface area contributed by atoms with E-state index in [9.17, 15) is 4.79 Å². The van der Waals surface area contributed by atoms with E-state index < -0.39 is 0 Å². The largest absolute Gasteiger partial charge is 0.497 e. The van der Waals surface area contributed by atoms with E-state index in [1.807, 2.05) is 18.2 Å². The Morgan fingerprint density at radius 1 is 1.11 bits per heavy atom. The lowest BCUT2D eigenvalue weighted by Gasteiger charge is -2.34. The summed E-state index contributed by atoms with van der Waals surface area (Å²) in [5.74, 6) is 2.25. The summed E-state index contributed by atoms with van der Waals surface area (Å²) in [6.45, 7) is 3.43. The van der Waals surface area contributed by atoms with Crippen molar-refractivity contribution in [2.24, 2.45) is 5.92 Å². The third-order valence-electron chi connectivity index (χ3n) is 6.17. The molecule has 2 saturated carbocycles. The summed E-state index contributed by atoms with van der Waals surface area (Å²) in [6.07, 6.45) is 10.00. The molecule has 0 radical (unpaired) electrons. The van der Waals surface area contributed by atoms with Crippen LogP contribution < -0.4 is 14.8 Å². The molecular weight excluding hydrogens is 340 g/mol. The van der Waals surface area contributed by atoms with Crippen molar-refractivity contribution in [3.8, 4) is 11.5 Å². The van der Waals surface area contributed by atoms with E-state index in [-0.39, 0.29) is 12.0 Å². The number of likely N-dealkylation sites (tertiary alicyclic amines) is 1. The Bertz CT molecular complexity index is 645. The summed E-state index contributed by atoms with van der Waals surface area (Å²) in [5.41, 5.74) is 0.621. The monoisotopic (exact) mass is 372 g/mol. The van der Waals surface area contributed by atoms with E-state index in [1.165, 1.54) is 32.2 Å². The number of nitrogens with zero attached hydrogens (tertiary/aromatic N) is 1. The predicted octanol–water partition coefficient (Wildman–Crippen LogP) is 3.62. The van der Waals surface area contributed by atoms with Gasteiger partial charge in [0.2, 0.25) is 0 Å². The van der Waals surface area contributed by atoms with E-state index in [0.29, 0.717) is 17.4 Å². The number of hydrogen-bond donors (Lipinski definition) is 1. The number of ether oxygens (including phenoxy) is 2. The summed E-state index contributed by atoms with van der Waals surface area (Å²) >= 11 is 0. The fourth-order valence-corrected chi connectivity index (χ4v) is 4.35. The summed E-state index contributed by atoms with van der Waals surface area (Å²) in [5, 5.41) is 3.06. The molecule has 148 valence electrons. The zero-order chi connectivity index (χ0) is 18.6. The Morgan fingerprint density at radius 3 is 2.52 bits per heavy atom. The maximum absolute atomic E-state index is 12.6. The van der Waals surface area contributed by atoms with E-state index >= 15 is 0 Å². The number of benzene rings is 1. The molecule has 1 N–H and O–H groups in total. The second-order valence-electron chi connectivity index (χ2n) is 8.38. The first-order chi connectivity index (χ1) is 13.2. The van der Waals surface area contributed by atoms with E-state index in [2.05, 4.69) is 10.2 Å². The van der Waals surface area contributed by atoms with Crippen molar-refractivity contribution in [1.82, 2.24) is 10.2 Å². The quantitative estimate of drug-likeness (QED) is 0.794. The van der Waals surface area contributed by atoms with Gasteiger partial charge in [0, 0.05) is 31.7 Å². The van der Waals surface area contributed by atoms with Crippen LogP contribution in [0.25, 0.3) is 0 Å². The first-order valence-corrected chi connectivity index (χ1v) is 10.6. The Morgan fingerprint density at radius 2 is 1.85 bits per heavy atom. The molecule has 1 aromatic rings. The van der Waals surface area contributed by atoms with Gasteiger partial charge in [0.05, 0.1) is 12.7 Å². The van der Waals surface area contributed by atoms with Gasteiger partial charge in [0.1, 0.15) is 17.6 Å². The Hall–Kier alpha value is -1.75. The minimum absolute atomic E-state index is 0.0335. The number of amides is 1. The second-order valence-corrected chi connectivity index (χ2v) is 8.38. The number of rotatable bonds is 7. The van der Waals surface area contributed by atoms with Gasteiger partial charge < -0.3 is 19.7 Å². The molecule has 3 aliphatic rings. The van der Waals surface area contributed by atoms with Crippen LogP contribution in [0.15, 0.2) is 18.2 Å². The van der Waals surface area contributed by atoms with Crippen LogP contribution >= 0.6 is 0 Å². The number of carbonyl (C=O) groups is 1. The molecule has 0 spiro atoms.